The van der Waals surface area contributed by atoms with E-state index in [2.05, 4.69) is 5.32 Å². The Morgan fingerprint density at radius 3 is 2.65 bits per heavy atom. The predicted octanol–water partition coefficient (Wildman–Crippen LogP) is 2.93. The third-order valence-corrected chi connectivity index (χ3v) is 8.10. The van der Waals surface area contributed by atoms with Crippen LogP contribution in [0.1, 0.15) is 46.1 Å². The van der Waals surface area contributed by atoms with Crippen molar-refractivity contribution in [3.63, 3.8) is 0 Å². The zero-order valence-electron chi connectivity index (χ0n) is 20.3. The normalized spacial score (nSPS) is 32.8. The zero-order valence-corrected chi connectivity index (χ0v) is 21.0. The molecule has 8 nitrogen and oxygen atoms in total. The molecule has 3 heterocycles. The minimum Gasteiger partial charge on any atom is -0.466 e. The van der Waals surface area contributed by atoms with Gasteiger partial charge in [0, 0.05) is 0 Å². The number of carbonyl (C=O) groups excluding carboxylic acids is 3. The lowest BCUT2D eigenvalue weighted by Crippen LogP contribution is -2.57. The number of ether oxygens (including phenoxy) is 2. The van der Waals surface area contributed by atoms with Crippen LogP contribution in [-0.2, 0) is 23.9 Å². The van der Waals surface area contributed by atoms with Crippen molar-refractivity contribution in [2.24, 2.45) is 17.8 Å². The van der Waals surface area contributed by atoms with Crippen molar-refractivity contribution in [2.75, 3.05) is 18.5 Å². The number of hydrogen-bond acceptors (Lipinski definition) is 6. The number of halogens is 1. The number of aliphatic hydroxyl groups excluding tert-OH is 1. The molecule has 2 amide bonds. The number of rotatable bonds is 7. The summed E-state index contributed by atoms with van der Waals surface area (Å²) in [7, 11) is 0. The van der Waals surface area contributed by atoms with Crippen molar-refractivity contribution in [1.29, 1.82) is 0 Å². The van der Waals surface area contributed by atoms with Gasteiger partial charge in [-0.3, -0.25) is 14.4 Å². The number of aliphatic hydroxyl groups is 1. The van der Waals surface area contributed by atoms with Gasteiger partial charge in [0.15, 0.2) is 0 Å². The molecule has 0 radical (unpaired) electrons. The Balaban J connectivity index is 1.81. The number of nitrogens with zero attached hydrogens (tertiary/aromatic N) is 1. The van der Waals surface area contributed by atoms with Crippen molar-refractivity contribution < 1.29 is 29.0 Å². The predicted molar refractivity (Wildman–Crippen MR) is 126 cm³/mol. The van der Waals surface area contributed by atoms with Crippen LogP contribution in [-0.4, -0.2) is 64.3 Å². The fourth-order valence-electron chi connectivity index (χ4n) is 6.21. The largest absolute Gasteiger partial charge is 0.466 e. The standard InChI is InChI=1S/C25H33ClN2O6/c1-6-33-23(32)18-17-22(31)28(16(12-29)13(2)3)20(25(17)11-10-24(18,5)34-25)21(30)27-19-14(4)8-7-9-15(19)26/h7-9,13,16-18,20,29H,6,10-12H2,1-5H3,(H,27,30)/t16-,17-,18-,20?,24+,25?/m0/s1. The molecule has 2 N–H and O–H groups in total. The van der Waals surface area contributed by atoms with E-state index in [0.717, 1.165) is 5.56 Å². The van der Waals surface area contributed by atoms with Gasteiger partial charge in [0.2, 0.25) is 11.8 Å². The smallest absolute Gasteiger partial charge is 0.312 e. The summed E-state index contributed by atoms with van der Waals surface area (Å²) in [4.78, 5) is 42.3. The average Bonchev–Trinajstić information content (AvgIpc) is 3.32. The number of aryl methyl sites for hydroxylation is 1. The van der Waals surface area contributed by atoms with E-state index >= 15 is 0 Å². The molecule has 9 heteroatoms. The van der Waals surface area contributed by atoms with Crippen LogP contribution in [0.4, 0.5) is 5.69 Å². The number of carbonyl (C=O) groups is 3. The Hall–Kier alpha value is -2.16. The van der Waals surface area contributed by atoms with Gasteiger partial charge in [-0.15, -0.1) is 0 Å². The molecule has 1 aromatic carbocycles. The molecule has 3 fully saturated rings. The number of hydrogen-bond donors (Lipinski definition) is 2. The third-order valence-electron chi connectivity index (χ3n) is 7.79. The van der Waals surface area contributed by atoms with Gasteiger partial charge >= 0.3 is 5.97 Å². The second-order valence-corrected chi connectivity index (χ2v) is 10.5. The summed E-state index contributed by atoms with van der Waals surface area (Å²) in [6.45, 7) is 9.01. The highest BCUT2D eigenvalue weighted by molar-refractivity contribution is 6.34. The number of nitrogens with one attached hydrogen (secondary N) is 1. The molecule has 1 spiro atoms. The molecule has 3 saturated heterocycles. The van der Waals surface area contributed by atoms with Crippen molar-refractivity contribution >= 4 is 35.1 Å². The number of likely N-dealkylation sites (tertiary alicyclic amines) is 1. The molecule has 34 heavy (non-hydrogen) atoms. The maximum Gasteiger partial charge on any atom is 0.312 e. The summed E-state index contributed by atoms with van der Waals surface area (Å²) < 4.78 is 11.9. The van der Waals surface area contributed by atoms with E-state index in [1.165, 1.54) is 4.90 Å². The van der Waals surface area contributed by atoms with Gasteiger partial charge in [-0.05, 0) is 51.2 Å². The second kappa shape index (κ2) is 8.81. The Morgan fingerprint density at radius 1 is 1.35 bits per heavy atom. The Kier molecular flexibility index (Phi) is 6.46. The first kappa shape index (κ1) is 24.9. The van der Waals surface area contributed by atoms with Crippen LogP contribution in [0, 0.1) is 24.7 Å². The first-order valence-electron chi connectivity index (χ1n) is 11.9. The van der Waals surface area contributed by atoms with Crippen LogP contribution in [0.5, 0.6) is 0 Å². The topological polar surface area (TPSA) is 105 Å². The minimum atomic E-state index is -1.19. The van der Waals surface area contributed by atoms with Gasteiger partial charge in [0.05, 0.1) is 41.5 Å². The molecule has 0 aliphatic carbocycles. The lowest BCUT2D eigenvalue weighted by Gasteiger charge is -2.38. The molecule has 2 bridgehead atoms. The fourth-order valence-corrected chi connectivity index (χ4v) is 6.48. The van der Waals surface area contributed by atoms with E-state index in [-0.39, 0.29) is 25.0 Å². The lowest BCUT2D eigenvalue weighted by molar-refractivity contribution is -0.160. The molecular formula is C25H33ClN2O6. The summed E-state index contributed by atoms with van der Waals surface area (Å²) in [5.74, 6) is -3.10. The van der Waals surface area contributed by atoms with Crippen LogP contribution in [0.25, 0.3) is 0 Å². The average molecular weight is 493 g/mol. The second-order valence-electron chi connectivity index (χ2n) is 10.1. The van der Waals surface area contributed by atoms with Crippen molar-refractivity contribution in [1.82, 2.24) is 4.90 Å². The number of para-hydroxylation sites is 1. The quantitative estimate of drug-likeness (QED) is 0.567. The van der Waals surface area contributed by atoms with Crippen LogP contribution < -0.4 is 5.32 Å². The molecule has 4 rings (SSSR count). The molecule has 3 aliphatic rings. The summed E-state index contributed by atoms with van der Waals surface area (Å²) in [6, 6.07) is 3.67. The van der Waals surface area contributed by atoms with Gasteiger partial charge in [0.25, 0.3) is 0 Å². The molecule has 186 valence electrons. The van der Waals surface area contributed by atoms with E-state index in [0.29, 0.717) is 23.6 Å². The molecular weight excluding hydrogens is 460 g/mol. The first-order valence-corrected chi connectivity index (χ1v) is 12.3. The van der Waals surface area contributed by atoms with Crippen molar-refractivity contribution in [2.45, 2.75) is 70.7 Å². The van der Waals surface area contributed by atoms with E-state index in [4.69, 9.17) is 21.1 Å². The Labute approximate surface area is 204 Å². The molecule has 0 aromatic heterocycles. The molecule has 0 saturated carbocycles. The maximum absolute atomic E-state index is 14.0. The number of fused-ring (bicyclic) bond motifs is 1. The maximum atomic E-state index is 14.0. The van der Waals surface area contributed by atoms with Crippen molar-refractivity contribution in [3.8, 4) is 0 Å². The molecule has 6 atom stereocenters. The molecule has 2 unspecified atom stereocenters. The first-order chi connectivity index (χ1) is 16.0. The van der Waals surface area contributed by atoms with E-state index in [1.807, 2.05) is 33.8 Å². The highest BCUT2D eigenvalue weighted by Gasteiger charge is 2.78. The molecule has 3 aliphatic heterocycles. The Morgan fingerprint density at radius 2 is 2.06 bits per heavy atom. The van der Waals surface area contributed by atoms with Crippen LogP contribution >= 0.6 is 11.6 Å². The van der Waals surface area contributed by atoms with Crippen LogP contribution in [0.15, 0.2) is 18.2 Å². The fraction of sp³-hybridized carbons (Fsp3) is 0.640. The number of anilines is 1. The lowest BCUT2D eigenvalue weighted by atomic mass is 9.66. The summed E-state index contributed by atoms with van der Waals surface area (Å²) in [6.07, 6.45) is 0.969. The van der Waals surface area contributed by atoms with E-state index < -0.39 is 47.0 Å². The van der Waals surface area contributed by atoms with Gasteiger partial charge in [-0.2, -0.15) is 0 Å². The third kappa shape index (κ3) is 3.53. The van der Waals surface area contributed by atoms with Gasteiger partial charge in [0.1, 0.15) is 17.6 Å². The van der Waals surface area contributed by atoms with Crippen molar-refractivity contribution in [3.05, 3.63) is 28.8 Å². The van der Waals surface area contributed by atoms with E-state index in [1.54, 1.807) is 19.1 Å². The number of amides is 2. The molecule has 1 aromatic rings. The summed E-state index contributed by atoms with van der Waals surface area (Å²) in [5, 5.41) is 13.5. The minimum absolute atomic E-state index is 0.129. The number of esters is 1. The van der Waals surface area contributed by atoms with Gasteiger partial charge < -0.3 is 24.8 Å². The summed E-state index contributed by atoms with van der Waals surface area (Å²) >= 11 is 6.37. The number of benzene rings is 1. The highest BCUT2D eigenvalue weighted by atomic mass is 35.5. The van der Waals surface area contributed by atoms with E-state index in [9.17, 15) is 19.5 Å². The van der Waals surface area contributed by atoms with Gasteiger partial charge in [-0.25, -0.2) is 0 Å². The van der Waals surface area contributed by atoms with Crippen LogP contribution in [0.3, 0.4) is 0 Å². The highest BCUT2D eigenvalue weighted by Crippen LogP contribution is 2.63. The Bertz CT molecular complexity index is 995. The zero-order chi connectivity index (χ0) is 25.0. The summed E-state index contributed by atoms with van der Waals surface area (Å²) in [5.41, 5.74) is -0.844. The van der Waals surface area contributed by atoms with Gasteiger partial charge in [-0.1, -0.05) is 37.6 Å². The monoisotopic (exact) mass is 492 g/mol. The SMILES string of the molecule is CCOC(=O)[C@@H]1[C@H]2C(=O)N([C@@H](CO)C(C)C)C(C(=O)Nc3c(C)cccc3Cl)C23CC[C@@]1(C)O3. The van der Waals surface area contributed by atoms with Crippen LogP contribution in [0.2, 0.25) is 5.02 Å².